The molecule has 0 unspecified atom stereocenters. The number of hydrogen-bond donors (Lipinski definition) is 0. The quantitative estimate of drug-likeness (QED) is 0.698. The lowest BCUT2D eigenvalue weighted by atomic mass is 10.1. The molecule has 27 heavy (non-hydrogen) atoms. The van der Waals surface area contributed by atoms with Crippen LogP contribution < -0.4 is 4.74 Å². The minimum Gasteiger partial charge on any atom is -0.496 e. The molecule has 0 spiro atoms. The van der Waals surface area contributed by atoms with Crippen molar-refractivity contribution >= 4 is 17.1 Å². The number of fused-ring (bicyclic) bond motifs is 1. The molecule has 0 N–H and O–H groups in total. The summed E-state index contributed by atoms with van der Waals surface area (Å²) in [5.41, 5.74) is 2.78. The number of nitrogens with zero attached hydrogens (tertiary/aromatic N) is 4. The smallest absolute Gasteiger partial charge is 0.227 e. The number of benzene rings is 1. The number of hydrogen-bond acceptors (Lipinski definition) is 4. The SMILES string of the molecule is CCn1c([C@H]2CCN(C(=O)Cc3ccccc3OC)C2)nc2cccnc21. The maximum absolute atomic E-state index is 12.8. The highest BCUT2D eigenvalue weighted by Crippen LogP contribution is 2.30. The average molecular weight is 364 g/mol. The van der Waals surface area contributed by atoms with E-state index >= 15 is 0 Å². The van der Waals surface area contributed by atoms with Crippen LogP contribution in [0.2, 0.25) is 0 Å². The van der Waals surface area contributed by atoms with Gasteiger partial charge in [0.2, 0.25) is 5.91 Å². The first-order valence-electron chi connectivity index (χ1n) is 9.42. The van der Waals surface area contributed by atoms with E-state index in [0.717, 1.165) is 47.8 Å². The summed E-state index contributed by atoms with van der Waals surface area (Å²) < 4.78 is 7.55. The molecule has 140 valence electrons. The Kier molecular flexibility index (Phi) is 4.79. The minimum absolute atomic E-state index is 0.138. The second kappa shape index (κ2) is 7.39. The first kappa shape index (κ1) is 17.5. The van der Waals surface area contributed by atoms with E-state index in [4.69, 9.17) is 9.72 Å². The Hall–Kier alpha value is -2.89. The Morgan fingerprint density at radius 3 is 2.93 bits per heavy atom. The van der Waals surface area contributed by atoms with Crippen LogP contribution in [0, 0.1) is 0 Å². The summed E-state index contributed by atoms with van der Waals surface area (Å²) in [4.78, 5) is 24.1. The van der Waals surface area contributed by atoms with Gasteiger partial charge in [0, 0.05) is 37.3 Å². The van der Waals surface area contributed by atoms with Crippen LogP contribution >= 0.6 is 0 Å². The fraction of sp³-hybridized carbons (Fsp3) is 0.381. The number of likely N-dealkylation sites (tertiary alicyclic amines) is 1. The van der Waals surface area contributed by atoms with Gasteiger partial charge in [-0.15, -0.1) is 0 Å². The van der Waals surface area contributed by atoms with Crippen molar-refractivity contribution in [3.05, 3.63) is 54.0 Å². The maximum Gasteiger partial charge on any atom is 0.227 e. The van der Waals surface area contributed by atoms with Crippen LogP contribution in [0.25, 0.3) is 11.2 Å². The molecule has 1 aliphatic heterocycles. The standard InChI is InChI=1S/C21H24N4O2/c1-3-25-20(23-17-8-6-11-22-21(17)25)16-10-12-24(14-16)19(26)13-15-7-4-5-9-18(15)27-2/h4-9,11,16H,3,10,12-14H2,1-2H3/t16-/m0/s1. The number of rotatable bonds is 5. The summed E-state index contributed by atoms with van der Waals surface area (Å²) in [5, 5.41) is 0. The van der Waals surface area contributed by atoms with Crippen LogP contribution in [0.3, 0.4) is 0 Å². The van der Waals surface area contributed by atoms with Gasteiger partial charge in [-0.3, -0.25) is 4.79 Å². The molecule has 3 aromatic rings. The minimum atomic E-state index is 0.138. The van der Waals surface area contributed by atoms with Crippen LogP contribution in [0.5, 0.6) is 5.75 Å². The topological polar surface area (TPSA) is 60.2 Å². The van der Waals surface area contributed by atoms with Gasteiger partial charge in [0.05, 0.1) is 13.5 Å². The number of para-hydroxylation sites is 1. The molecule has 4 rings (SSSR count). The molecule has 0 saturated carbocycles. The van der Waals surface area contributed by atoms with Gasteiger partial charge in [-0.05, 0) is 31.5 Å². The van der Waals surface area contributed by atoms with Crippen LogP contribution in [0.15, 0.2) is 42.6 Å². The monoisotopic (exact) mass is 364 g/mol. The average Bonchev–Trinajstić information content (AvgIpc) is 3.32. The summed E-state index contributed by atoms with van der Waals surface area (Å²) in [7, 11) is 1.64. The molecule has 1 saturated heterocycles. The largest absolute Gasteiger partial charge is 0.496 e. The fourth-order valence-corrected chi connectivity index (χ4v) is 3.92. The maximum atomic E-state index is 12.8. The normalized spacial score (nSPS) is 16.8. The number of ether oxygens (including phenoxy) is 1. The highest BCUT2D eigenvalue weighted by atomic mass is 16.5. The molecular formula is C21H24N4O2. The number of aromatic nitrogens is 3. The van der Waals surface area contributed by atoms with Crippen molar-refractivity contribution in [3.63, 3.8) is 0 Å². The molecular weight excluding hydrogens is 340 g/mol. The molecule has 1 amide bonds. The van der Waals surface area contributed by atoms with E-state index in [9.17, 15) is 4.79 Å². The van der Waals surface area contributed by atoms with Gasteiger partial charge in [0.1, 0.15) is 17.1 Å². The zero-order valence-corrected chi connectivity index (χ0v) is 15.8. The predicted octanol–water partition coefficient (Wildman–Crippen LogP) is 3.02. The van der Waals surface area contributed by atoms with Gasteiger partial charge in [-0.1, -0.05) is 18.2 Å². The lowest BCUT2D eigenvalue weighted by Crippen LogP contribution is -2.30. The van der Waals surface area contributed by atoms with Crippen LogP contribution in [0.1, 0.15) is 30.7 Å². The summed E-state index contributed by atoms with van der Waals surface area (Å²) >= 11 is 0. The Labute approximate surface area is 158 Å². The molecule has 0 bridgehead atoms. The third-order valence-electron chi connectivity index (χ3n) is 5.29. The third kappa shape index (κ3) is 3.27. The molecule has 1 aliphatic rings. The van der Waals surface area contributed by atoms with Crippen molar-refractivity contribution in [2.24, 2.45) is 0 Å². The van der Waals surface area contributed by atoms with E-state index in [1.807, 2.05) is 41.3 Å². The number of amides is 1. The predicted molar refractivity (Wildman–Crippen MR) is 104 cm³/mol. The summed E-state index contributed by atoms with van der Waals surface area (Å²) in [6, 6.07) is 11.6. The van der Waals surface area contributed by atoms with Gasteiger partial charge in [-0.25, -0.2) is 9.97 Å². The molecule has 1 aromatic carbocycles. The molecule has 2 aromatic heterocycles. The van der Waals surface area contributed by atoms with Gasteiger partial charge < -0.3 is 14.2 Å². The van der Waals surface area contributed by atoms with Gasteiger partial charge in [0.25, 0.3) is 0 Å². The lowest BCUT2D eigenvalue weighted by molar-refractivity contribution is -0.129. The molecule has 3 heterocycles. The number of aryl methyl sites for hydroxylation is 1. The molecule has 6 heteroatoms. The van der Waals surface area contributed by atoms with Crippen LogP contribution in [-0.2, 0) is 17.8 Å². The number of imidazole rings is 1. The second-order valence-electron chi connectivity index (χ2n) is 6.87. The number of pyridine rings is 1. The van der Waals surface area contributed by atoms with Crippen molar-refractivity contribution in [2.45, 2.75) is 32.2 Å². The number of carbonyl (C=O) groups is 1. The van der Waals surface area contributed by atoms with E-state index < -0.39 is 0 Å². The molecule has 0 aliphatic carbocycles. The van der Waals surface area contributed by atoms with Crippen molar-refractivity contribution in [1.29, 1.82) is 0 Å². The molecule has 1 fully saturated rings. The van der Waals surface area contributed by atoms with Gasteiger partial charge in [0.15, 0.2) is 5.65 Å². The molecule has 0 radical (unpaired) electrons. The van der Waals surface area contributed by atoms with Gasteiger partial charge >= 0.3 is 0 Å². The van der Waals surface area contributed by atoms with E-state index in [0.29, 0.717) is 13.0 Å². The Morgan fingerprint density at radius 1 is 1.26 bits per heavy atom. The van der Waals surface area contributed by atoms with Crippen molar-refractivity contribution in [1.82, 2.24) is 19.4 Å². The van der Waals surface area contributed by atoms with Crippen LogP contribution in [-0.4, -0.2) is 45.5 Å². The lowest BCUT2D eigenvalue weighted by Gasteiger charge is -2.18. The van der Waals surface area contributed by atoms with E-state index in [1.54, 1.807) is 13.3 Å². The summed E-state index contributed by atoms with van der Waals surface area (Å²) in [6.45, 7) is 4.41. The summed E-state index contributed by atoms with van der Waals surface area (Å²) in [5.74, 6) is 2.19. The molecule has 1 atom stereocenters. The Bertz CT molecular complexity index is 966. The molecule has 6 nitrogen and oxygen atoms in total. The first-order chi connectivity index (χ1) is 13.2. The fourth-order valence-electron chi connectivity index (χ4n) is 3.92. The van der Waals surface area contributed by atoms with Gasteiger partial charge in [-0.2, -0.15) is 0 Å². The highest BCUT2D eigenvalue weighted by molar-refractivity contribution is 5.80. The first-order valence-corrected chi connectivity index (χ1v) is 9.42. The highest BCUT2D eigenvalue weighted by Gasteiger charge is 2.31. The third-order valence-corrected chi connectivity index (χ3v) is 5.29. The zero-order chi connectivity index (χ0) is 18.8. The Morgan fingerprint density at radius 2 is 2.11 bits per heavy atom. The second-order valence-corrected chi connectivity index (χ2v) is 6.87. The number of carbonyl (C=O) groups excluding carboxylic acids is 1. The Balaban J connectivity index is 1.51. The summed E-state index contributed by atoms with van der Waals surface area (Å²) in [6.07, 6.45) is 3.10. The number of methoxy groups -OCH3 is 1. The van der Waals surface area contributed by atoms with Crippen molar-refractivity contribution in [3.8, 4) is 5.75 Å². The van der Waals surface area contributed by atoms with Crippen molar-refractivity contribution < 1.29 is 9.53 Å². The zero-order valence-electron chi connectivity index (χ0n) is 15.8. The van der Waals surface area contributed by atoms with E-state index in [2.05, 4.69) is 16.5 Å². The van der Waals surface area contributed by atoms with Crippen molar-refractivity contribution in [2.75, 3.05) is 20.2 Å². The van der Waals surface area contributed by atoms with E-state index in [1.165, 1.54) is 0 Å². The van der Waals surface area contributed by atoms with Crippen LogP contribution in [0.4, 0.5) is 0 Å². The van der Waals surface area contributed by atoms with E-state index in [-0.39, 0.29) is 11.8 Å².